The van der Waals surface area contributed by atoms with Crippen molar-refractivity contribution in [3.8, 4) is 0 Å². The second kappa shape index (κ2) is 4.42. The summed E-state index contributed by atoms with van der Waals surface area (Å²) >= 11 is 6.04. The molecule has 0 saturated carbocycles. The van der Waals surface area contributed by atoms with E-state index in [1.165, 1.54) is 19.4 Å². The van der Waals surface area contributed by atoms with Gasteiger partial charge in [0, 0.05) is 0 Å². The molecule has 1 saturated heterocycles. The molecule has 1 nitrogen and oxygen atoms in total. The third-order valence-corrected chi connectivity index (χ3v) is 2.82. The average molecular weight is 184 g/mol. The number of hydrogen-bond donors (Lipinski definition) is 0. The standard InChI is InChI=1S/C7H14ClN.ClH/c1-6-4-3-5-9(2)7(6)8;/h6-7H,3-5H2,1-2H3;1H. The highest BCUT2D eigenvalue weighted by Crippen LogP contribution is 2.23. The molecule has 0 aromatic heterocycles. The van der Waals surface area contributed by atoms with Crippen molar-refractivity contribution in [3.63, 3.8) is 0 Å². The van der Waals surface area contributed by atoms with E-state index in [1.54, 1.807) is 0 Å². The zero-order valence-corrected chi connectivity index (χ0v) is 8.08. The molecule has 2 unspecified atom stereocenters. The lowest BCUT2D eigenvalue weighted by Crippen LogP contribution is -2.37. The summed E-state index contributed by atoms with van der Waals surface area (Å²) < 4.78 is 0. The molecule has 0 spiro atoms. The fourth-order valence-electron chi connectivity index (χ4n) is 1.36. The van der Waals surface area contributed by atoms with Gasteiger partial charge in [-0.05, 0) is 32.4 Å². The van der Waals surface area contributed by atoms with Crippen LogP contribution in [0.3, 0.4) is 0 Å². The number of alkyl halides is 1. The highest BCUT2D eigenvalue weighted by molar-refractivity contribution is 6.20. The summed E-state index contributed by atoms with van der Waals surface area (Å²) in [7, 11) is 2.09. The fourth-order valence-corrected chi connectivity index (χ4v) is 1.58. The lowest BCUT2D eigenvalue weighted by molar-refractivity contribution is 0.190. The van der Waals surface area contributed by atoms with E-state index >= 15 is 0 Å². The van der Waals surface area contributed by atoms with Crippen molar-refractivity contribution in [3.05, 3.63) is 0 Å². The molecule has 1 rings (SSSR count). The van der Waals surface area contributed by atoms with Crippen molar-refractivity contribution in [1.29, 1.82) is 0 Å². The van der Waals surface area contributed by atoms with Crippen LogP contribution >= 0.6 is 24.0 Å². The molecule has 1 aliphatic heterocycles. The normalized spacial score (nSPS) is 35.1. The Kier molecular flexibility index (Phi) is 4.66. The molecular weight excluding hydrogens is 169 g/mol. The van der Waals surface area contributed by atoms with Gasteiger partial charge in [-0.1, -0.05) is 6.92 Å². The second-order valence-electron chi connectivity index (χ2n) is 2.97. The topological polar surface area (TPSA) is 3.24 Å². The smallest absolute Gasteiger partial charge is 0.0873 e. The van der Waals surface area contributed by atoms with Crippen LogP contribution in [-0.2, 0) is 0 Å². The molecule has 0 aromatic rings. The predicted octanol–water partition coefficient (Wildman–Crippen LogP) is 2.33. The largest absolute Gasteiger partial charge is 0.290 e. The maximum absolute atomic E-state index is 6.04. The van der Waals surface area contributed by atoms with Crippen LogP contribution in [0, 0.1) is 5.92 Å². The van der Waals surface area contributed by atoms with Gasteiger partial charge in [0.25, 0.3) is 0 Å². The zero-order valence-electron chi connectivity index (χ0n) is 6.51. The highest BCUT2D eigenvalue weighted by Gasteiger charge is 2.22. The molecule has 10 heavy (non-hydrogen) atoms. The lowest BCUT2D eigenvalue weighted by Gasteiger charge is -2.32. The van der Waals surface area contributed by atoms with Gasteiger partial charge in [0.2, 0.25) is 0 Å². The first kappa shape index (κ1) is 10.5. The molecule has 1 aliphatic rings. The Balaban J connectivity index is 0.000000810. The zero-order chi connectivity index (χ0) is 6.85. The lowest BCUT2D eigenvalue weighted by atomic mass is 10.0. The highest BCUT2D eigenvalue weighted by atomic mass is 35.5. The van der Waals surface area contributed by atoms with Gasteiger partial charge in [-0.15, -0.1) is 24.0 Å². The number of hydrogen-bond acceptors (Lipinski definition) is 1. The van der Waals surface area contributed by atoms with E-state index in [0.717, 1.165) is 0 Å². The summed E-state index contributed by atoms with van der Waals surface area (Å²) in [6, 6.07) is 0. The summed E-state index contributed by atoms with van der Waals surface area (Å²) in [6.45, 7) is 3.38. The Morgan fingerprint density at radius 3 is 2.50 bits per heavy atom. The Hall–Kier alpha value is 0.540. The number of likely N-dealkylation sites (tertiary alicyclic amines) is 1. The van der Waals surface area contributed by atoms with Crippen LogP contribution in [0.1, 0.15) is 19.8 Å². The first-order chi connectivity index (χ1) is 4.22. The minimum absolute atomic E-state index is 0. The Labute approximate surface area is 74.1 Å². The van der Waals surface area contributed by atoms with Crippen LogP contribution in [0.2, 0.25) is 0 Å². The molecule has 1 fully saturated rings. The first-order valence-electron chi connectivity index (χ1n) is 3.56. The van der Waals surface area contributed by atoms with Crippen LogP contribution in [-0.4, -0.2) is 24.0 Å². The summed E-state index contributed by atoms with van der Waals surface area (Å²) in [6.07, 6.45) is 2.60. The Morgan fingerprint density at radius 2 is 2.10 bits per heavy atom. The molecule has 0 aliphatic carbocycles. The van der Waals surface area contributed by atoms with Gasteiger partial charge >= 0.3 is 0 Å². The van der Waals surface area contributed by atoms with E-state index in [9.17, 15) is 0 Å². The number of piperidine rings is 1. The molecule has 0 N–H and O–H groups in total. The number of nitrogens with zero attached hydrogens (tertiary/aromatic N) is 1. The van der Waals surface area contributed by atoms with Crippen LogP contribution in [0.4, 0.5) is 0 Å². The van der Waals surface area contributed by atoms with E-state index in [2.05, 4.69) is 18.9 Å². The third-order valence-electron chi connectivity index (χ3n) is 2.06. The Bertz CT molecular complexity index is 87.6. The fraction of sp³-hybridized carbons (Fsp3) is 1.00. The molecule has 1 heterocycles. The van der Waals surface area contributed by atoms with Crippen molar-refractivity contribution in [2.24, 2.45) is 5.92 Å². The van der Waals surface area contributed by atoms with Gasteiger partial charge in [-0.25, -0.2) is 0 Å². The van der Waals surface area contributed by atoms with Crippen molar-refractivity contribution in [2.45, 2.75) is 25.3 Å². The third kappa shape index (κ3) is 2.30. The monoisotopic (exact) mass is 183 g/mol. The SMILES string of the molecule is CC1CCCN(C)C1Cl.Cl. The summed E-state index contributed by atoms with van der Waals surface area (Å²) in [5, 5.41) is 0. The Morgan fingerprint density at radius 1 is 1.50 bits per heavy atom. The van der Waals surface area contributed by atoms with E-state index < -0.39 is 0 Å². The summed E-state index contributed by atoms with van der Waals surface area (Å²) in [5.74, 6) is 0.672. The van der Waals surface area contributed by atoms with Crippen LogP contribution < -0.4 is 0 Å². The molecular formula is C7H15Cl2N. The van der Waals surface area contributed by atoms with Gasteiger partial charge in [-0.2, -0.15) is 0 Å². The summed E-state index contributed by atoms with van der Waals surface area (Å²) in [4.78, 5) is 2.22. The molecule has 2 atom stereocenters. The van der Waals surface area contributed by atoms with Gasteiger partial charge in [0.05, 0.1) is 5.50 Å². The predicted molar refractivity (Wildman–Crippen MR) is 47.9 cm³/mol. The maximum Gasteiger partial charge on any atom is 0.0873 e. The van der Waals surface area contributed by atoms with Crippen molar-refractivity contribution in [1.82, 2.24) is 4.90 Å². The van der Waals surface area contributed by atoms with E-state index in [0.29, 0.717) is 5.92 Å². The van der Waals surface area contributed by atoms with Crippen molar-refractivity contribution >= 4 is 24.0 Å². The number of rotatable bonds is 0. The van der Waals surface area contributed by atoms with E-state index in [-0.39, 0.29) is 17.9 Å². The van der Waals surface area contributed by atoms with Gasteiger partial charge in [-0.3, -0.25) is 4.90 Å². The van der Waals surface area contributed by atoms with E-state index in [4.69, 9.17) is 11.6 Å². The first-order valence-corrected chi connectivity index (χ1v) is 4.00. The quantitative estimate of drug-likeness (QED) is 0.412. The average Bonchev–Trinajstić information content (AvgIpc) is 1.83. The van der Waals surface area contributed by atoms with Crippen LogP contribution in [0.15, 0.2) is 0 Å². The molecule has 0 radical (unpaired) electrons. The van der Waals surface area contributed by atoms with E-state index in [1.807, 2.05) is 0 Å². The molecule has 0 amide bonds. The van der Waals surface area contributed by atoms with Gasteiger partial charge in [0.15, 0.2) is 0 Å². The van der Waals surface area contributed by atoms with Crippen molar-refractivity contribution in [2.75, 3.05) is 13.6 Å². The minimum atomic E-state index is 0. The molecule has 3 heteroatoms. The van der Waals surface area contributed by atoms with Crippen molar-refractivity contribution < 1.29 is 0 Å². The van der Waals surface area contributed by atoms with Gasteiger partial charge < -0.3 is 0 Å². The molecule has 0 bridgehead atoms. The molecule has 62 valence electrons. The number of halogens is 2. The minimum Gasteiger partial charge on any atom is -0.290 e. The van der Waals surface area contributed by atoms with Crippen LogP contribution in [0.25, 0.3) is 0 Å². The molecule has 0 aromatic carbocycles. The maximum atomic E-state index is 6.04. The van der Waals surface area contributed by atoms with Gasteiger partial charge in [0.1, 0.15) is 0 Å². The second-order valence-corrected chi connectivity index (χ2v) is 3.42. The summed E-state index contributed by atoms with van der Waals surface area (Å²) in [5.41, 5.74) is 0.277. The van der Waals surface area contributed by atoms with Crippen LogP contribution in [0.5, 0.6) is 0 Å².